The Morgan fingerprint density at radius 2 is 2.33 bits per heavy atom. The summed E-state index contributed by atoms with van der Waals surface area (Å²) in [6.07, 6.45) is -2.28. The first-order valence-electron chi connectivity index (χ1n) is 4.07. The van der Waals surface area contributed by atoms with Crippen LogP contribution in [0.4, 0.5) is 8.78 Å². The van der Waals surface area contributed by atoms with Crippen LogP contribution in [-0.4, -0.2) is 23.2 Å². The predicted molar refractivity (Wildman–Crippen MR) is 47.1 cm³/mol. The second-order valence-electron chi connectivity index (χ2n) is 2.80. The van der Waals surface area contributed by atoms with E-state index in [1.165, 1.54) is 13.2 Å². The second-order valence-corrected chi connectivity index (χ2v) is 2.80. The van der Waals surface area contributed by atoms with Crippen LogP contribution in [0.1, 0.15) is 17.6 Å². The van der Waals surface area contributed by atoms with Crippen LogP contribution in [0.15, 0.2) is 12.3 Å². The van der Waals surface area contributed by atoms with Gasteiger partial charge in [-0.1, -0.05) is 0 Å². The van der Waals surface area contributed by atoms with E-state index in [-0.39, 0.29) is 17.0 Å². The maximum absolute atomic E-state index is 12.4. The van der Waals surface area contributed by atoms with Gasteiger partial charge in [0, 0.05) is 17.8 Å². The maximum Gasteiger partial charge on any atom is 0.307 e. The van der Waals surface area contributed by atoms with Gasteiger partial charge in [-0.3, -0.25) is 4.79 Å². The van der Waals surface area contributed by atoms with Gasteiger partial charge in [-0.15, -0.1) is 0 Å². The van der Waals surface area contributed by atoms with Crippen LogP contribution in [-0.2, 0) is 11.2 Å². The standard InChI is InChI=1S/C9H9F2NO3/c1-15-7-2-5(3-8(13)14)6(4-12-7)9(10)11/h2,4,9H,3H2,1H3,(H,13,14). The third-order valence-electron chi connectivity index (χ3n) is 1.79. The summed E-state index contributed by atoms with van der Waals surface area (Å²) in [5, 5.41) is 8.53. The highest BCUT2D eigenvalue weighted by molar-refractivity contribution is 5.70. The zero-order valence-corrected chi connectivity index (χ0v) is 7.91. The van der Waals surface area contributed by atoms with E-state index in [1.807, 2.05) is 0 Å². The molecule has 82 valence electrons. The number of carbonyl (C=O) groups is 1. The van der Waals surface area contributed by atoms with E-state index in [1.54, 1.807) is 0 Å². The number of aliphatic carboxylic acids is 1. The van der Waals surface area contributed by atoms with Crippen LogP contribution < -0.4 is 4.74 Å². The summed E-state index contributed by atoms with van der Waals surface area (Å²) in [4.78, 5) is 14.0. The minimum absolute atomic E-state index is 0.0179. The fourth-order valence-corrected chi connectivity index (χ4v) is 1.11. The Labute approximate surface area is 84.5 Å². The Morgan fingerprint density at radius 3 is 2.80 bits per heavy atom. The molecule has 1 aromatic heterocycles. The van der Waals surface area contributed by atoms with Gasteiger partial charge in [0.25, 0.3) is 6.43 Å². The summed E-state index contributed by atoms with van der Waals surface area (Å²) < 4.78 is 29.6. The predicted octanol–water partition coefficient (Wildman–Crippen LogP) is 1.65. The van der Waals surface area contributed by atoms with Crippen LogP contribution in [0, 0.1) is 0 Å². The Morgan fingerprint density at radius 1 is 1.67 bits per heavy atom. The molecule has 0 bridgehead atoms. The minimum Gasteiger partial charge on any atom is -0.481 e. The number of rotatable bonds is 4. The number of ether oxygens (including phenoxy) is 1. The summed E-state index contributed by atoms with van der Waals surface area (Å²) in [5.74, 6) is -1.05. The molecular weight excluding hydrogens is 208 g/mol. The SMILES string of the molecule is COc1cc(CC(=O)O)c(C(F)F)cn1. The molecule has 1 N–H and O–H groups in total. The number of methoxy groups -OCH3 is 1. The van der Waals surface area contributed by atoms with Crippen molar-refractivity contribution in [3.63, 3.8) is 0 Å². The number of carboxylic acid groups (broad SMARTS) is 1. The lowest BCUT2D eigenvalue weighted by atomic mass is 10.1. The summed E-state index contributed by atoms with van der Waals surface area (Å²) in [6, 6.07) is 1.20. The highest BCUT2D eigenvalue weighted by Gasteiger charge is 2.16. The number of aromatic nitrogens is 1. The molecule has 4 nitrogen and oxygen atoms in total. The zero-order valence-electron chi connectivity index (χ0n) is 7.91. The smallest absolute Gasteiger partial charge is 0.307 e. The quantitative estimate of drug-likeness (QED) is 0.833. The molecular formula is C9H9F2NO3. The van der Waals surface area contributed by atoms with Crippen molar-refractivity contribution >= 4 is 5.97 Å². The van der Waals surface area contributed by atoms with Gasteiger partial charge < -0.3 is 9.84 Å². The topological polar surface area (TPSA) is 59.4 Å². The molecule has 1 rings (SSSR count). The highest BCUT2D eigenvalue weighted by Crippen LogP contribution is 2.25. The molecule has 0 aliphatic carbocycles. The molecule has 0 saturated carbocycles. The fraction of sp³-hybridized carbons (Fsp3) is 0.333. The van der Waals surface area contributed by atoms with Crippen LogP contribution in [0.25, 0.3) is 0 Å². The van der Waals surface area contributed by atoms with Crippen molar-refractivity contribution in [2.45, 2.75) is 12.8 Å². The molecule has 6 heteroatoms. The fourth-order valence-electron chi connectivity index (χ4n) is 1.11. The molecule has 0 aliphatic heterocycles. The van der Waals surface area contributed by atoms with Gasteiger partial charge >= 0.3 is 5.97 Å². The van der Waals surface area contributed by atoms with Gasteiger partial charge in [-0.2, -0.15) is 0 Å². The third-order valence-corrected chi connectivity index (χ3v) is 1.79. The number of halogens is 2. The molecule has 0 saturated heterocycles. The number of alkyl halides is 2. The molecule has 0 spiro atoms. The molecule has 15 heavy (non-hydrogen) atoms. The Bertz CT molecular complexity index is 368. The van der Waals surface area contributed by atoms with Crippen molar-refractivity contribution < 1.29 is 23.4 Å². The van der Waals surface area contributed by atoms with Crippen LogP contribution in [0.3, 0.4) is 0 Å². The summed E-state index contributed by atoms with van der Waals surface area (Å²) in [6.45, 7) is 0. The lowest BCUT2D eigenvalue weighted by Crippen LogP contribution is -2.05. The van der Waals surface area contributed by atoms with E-state index in [4.69, 9.17) is 9.84 Å². The van der Waals surface area contributed by atoms with Crippen LogP contribution in [0.2, 0.25) is 0 Å². The maximum atomic E-state index is 12.4. The Balaban J connectivity index is 3.10. The van der Waals surface area contributed by atoms with Crippen molar-refractivity contribution in [3.8, 4) is 5.88 Å². The first-order chi connectivity index (χ1) is 7.04. The molecule has 0 unspecified atom stereocenters. The number of hydrogen-bond acceptors (Lipinski definition) is 3. The molecule has 0 aliphatic rings. The van der Waals surface area contributed by atoms with Crippen molar-refractivity contribution in [1.29, 1.82) is 0 Å². The molecule has 0 atom stereocenters. The van der Waals surface area contributed by atoms with Gasteiger partial charge in [0.2, 0.25) is 5.88 Å². The van der Waals surface area contributed by atoms with Crippen LogP contribution >= 0.6 is 0 Å². The van der Waals surface area contributed by atoms with Crippen molar-refractivity contribution in [3.05, 3.63) is 23.4 Å². The van der Waals surface area contributed by atoms with Crippen LogP contribution in [0.5, 0.6) is 5.88 Å². The Kier molecular flexibility index (Phi) is 3.54. The molecule has 1 aromatic rings. The molecule has 0 amide bonds. The number of hydrogen-bond donors (Lipinski definition) is 1. The molecule has 0 aromatic carbocycles. The summed E-state index contributed by atoms with van der Waals surface area (Å²) >= 11 is 0. The number of nitrogens with zero attached hydrogens (tertiary/aromatic N) is 1. The van der Waals surface area contributed by atoms with E-state index < -0.39 is 18.8 Å². The number of carboxylic acids is 1. The van der Waals surface area contributed by atoms with Gasteiger partial charge in [0.05, 0.1) is 13.5 Å². The molecule has 0 fully saturated rings. The van der Waals surface area contributed by atoms with E-state index in [0.29, 0.717) is 0 Å². The molecule has 1 heterocycles. The van der Waals surface area contributed by atoms with Crippen molar-refractivity contribution in [2.75, 3.05) is 7.11 Å². The van der Waals surface area contributed by atoms with Crippen molar-refractivity contribution in [2.24, 2.45) is 0 Å². The van der Waals surface area contributed by atoms with Gasteiger partial charge in [-0.25, -0.2) is 13.8 Å². The zero-order chi connectivity index (χ0) is 11.4. The van der Waals surface area contributed by atoms with Gasteiger partial charge in [0.15, 0.2) is 0 Å². The first-order valence-corrected chi connectivity index (χ1v) is 4.07. The minimum atomic E-state index is -2.74. The van der Waals surface area contributed by atoms with E-state index in [0.717, 1.165) is 6.20 Å². The average Bonchev–Trinajstić information content (AvgIpc) is 2.16. The summed E-state index contributed by atoms with van der Waals surface area (Å²) in [5.41, 5.74) is -0.359. The largest absolute Gasteiger partial charge is 0.481 e. The number of pyridine rings is 1. The van der Waals surface area contributed by atoms with E-state index in [9.17, 15) is 13.6 Å². The second kappa shape index (κ2) is 4.68. The van der Waals surface area contributed by atoms with E-state index >= 15 is 0 Å². The summed E-state index contributed by atoms with van der Waals surface area (Å²) in [7, 11) is 1.33. The third kappa shape index (κ3) is 2.87. The highest BCUT2D eigenvalue weighted by atomic mass is 19.3. The first kappa shape index (κ1) is 11.4. The van der Waals surface area contributed by atoms with Gasteiger partial charge in [0.1, 0.15) is 0 Å². The van der Waals surface area contributed by atoms with Gasteiger partial charge in [-0.05, 0) is 5.56 Å². The van der Waals surface area contributed by atoms with Crippen molar-refractivity contribution in [1.82, 2.24) is 4.98 Å². The van der Waals surface area contributed by atoms with E-state index in [2.05, 4.69) is 4.98 Å². The lowest BCUT2D eigenvalue weighted by molar-refractivity contribution is -0.136. The Hall–Kier alpha value is -1.72. The monoisotopic (exact) mass is 217 g/mol. The molecule has 0 radical (unpaired) electrons. The normalized spacial score (nSPS) is 10.4. The average molecular weight is 217 g/mol. The lowest BCUT2D eigenvalue weighted by Gasteiger charge is -2.07.